The van der Waals surface area contributed by atoms with E-state index in [9.17, 15) is 0 Å². The molecular formula is C13H12N4OS. The Balaban J connectivity index is 1.89. The van der Waals surface area contributed by atoms with Crippen molar-refractivity contribution in [2.24, 2.45) is 5.73 Å². The molecule has 0 spiro atoms. The normalized spacial score (nSPS) is 12.5. The molecule has 19 heavy (non-hydrogen) atoms. The molecule has 2 aromatic heterocycles. The van der Waals surface area contributed by atoms with Gasteiger partial charge in [-0.2, -0.15) is 0 Å². The molecule has 1 aromatic carbocycles. The zero-order valence-corrected chi connectivity index (χ0v) is 11.1. The zero-order chi connectivity index (χ0) is 13.2. The number of nitrogens with two attached hydrogens (primary N) is 1. The highest BCUT2D eigenvalue weighted by atomic mass is 32.1. The van der Waals surface area contributed by atoms with Crippen molar-refractivity contribution in [1.29, 1.82) is 0 Å². The average Bonchev–Trinajstić information content (AvgIpc) is 3.07. The van der Waals surface area contributed by atoms with E-state index < -0.39 is 6.04 Å². The van der Waals surface area contributed by atoms with Gasteiger partial charge in [-0.1, -0.05) is 30.3 Å². The van der Waals surface area contributed by atoms with Crippen molar-refractivity contribution in [3.05, 3.63) is 52.2 Å². The Morgan fingerprint density at radius 3 is 2.68 bits per heavy atom. The second-order valence-corrected chi connectivity index (χ2v) is 5.15. The highest BCUT2D eigenvalue weighted by molar-refractivity contribution is 7.09. The molecule has 96 valence electrons. The van der Waals surface area contributed by atoms with Gasteiger partial charge in [-0.3, -0.25) is 0 Å². The molecule has 0 aliphatic rings. The first-order valence-electron chi connectivity index (χ1n) is 5.80. The third-order valence-electron chi connectivity index (χ3n) is 2.70. The fourth-order valence-corrected chi connectivity index (χ4v) is 2.32. The monoisotopic (exact) mass is 272 g/mol. The van der Waals surface area contributed by atoms with Crippen molar-refractivity contribution < 1.29 is 4.42 Å². The average molecular weight is 272 g/mol. The summed E-state index contributed by atoms with van der Waals surface area (Å²) in [6.07, 6.45) is 0. The fraction of sp³-hybridized carbons (Fsp3) is 0.154. The maximum Gasteiger partial charge on any atom is 0.267 e. The lowest BCUT2D eigenvalue weighted by molar-refractivity contribution is 0.483. The van der Waals surface area contributed by atoms with E-state index in [1.54, 1.807) is 11.3 Å². The van der Waals surface area contributed by atoms with Crippen molar-refractivity contribution in [2.75, 3.05) is 0 Å². The summed E-state index contributed by atoms with van der Waals surface area (Å²) in [5.41, 5.74) is 7.73. The number of benzene rings is 1. The van der Waals surface area contributed by atoms with Crippen molar-refractivity contribution in [3.63, 3.8) is 0 Å². The van der Waals surface area contributed by atoms with E-state index in [0.29, 0.717) is 17.5 Å². The Morgan fingerprint density at radius 2 is 2.00 bits per heavy atom. The van der Waals surface area contributed by atoms with Gasteiger partial charge in [-0.05, 0) is 12.5 Å². The fourth-order valence-electron chi connectivity index (χ4n) is 1.73. The molecule has 6 heteroatoms. The molecule has 3 aromatic rings. The number of thiazole rings is 1. The summed E-state index contributed by atoms with van der Waals surface area (Å²) >= 11 is 1.54. The molecule has 1 unspecified atom stereocenters. The Morgan fingerprint density at radius 1 is 1.21 bits per heavy atom. The molecule has 0 saturated heterocycles. The quantitative estimate of drug-likeness (QED) is 0.792. The van der Waals surface area contributed by atoms with E-state index in [4.69, 9.17) is 10.2 Å². The summed E-state index contributed by atoms with van der Waals surface area (Å²) in [7, 11) is 0. The first kappa shape index (κ1) is 12.0. The van der Waals surface area contributed by atoms with E-state index in [0.717, 1.165) is 10.6 Å². The van der Waals surface area contributed by atoms with Crippen LogP contribution in [0.15, 0.2) is 40.1 Å². The minimum atomic E-state index is -0.415. The molecule has 2 heterocycles. The summed E-state index contributed by atoms with van der Waals surface area (Å²) in [6, 6.07) is 9.24. The van der Waals surface area contributed by atoms with Gasteiger partial charge in [0.15, 0.2) is 0 Å². The van der Waals surface area contributed by atoms with Crippen LogP contribution in [0.25, 0.3) is 11.6 Å². The van der Waals surface area contributed by atoms with Crippen LogP contribution in [0.5, 0.6) is 0 Å². The van der Waals surface area contributed by atoms with Crippen molar-refractivity contribution in [1.82, 2.24) is 15.2 Å². The Kier molecular flexibility index (Phi) is 3.10. The van der Waals surface area contributed by atoms with Crippen LogP contribution in [0.4, 0.5) is 0 Å². The number of aromatic nitrogens is 3. The summed E-state index contributed by atoms with van der Waals surface area (Å²) in [6.45, 7) is 1.93. The molecule has 5 nitrogen and oxygen atoms in total. The molecule has 3 rings (SSSR count). The first-order chi connectivity index (χ1) is 9.24. The molecule has 2 N–H and O–H groups in total. The second kappa shape index (κ2) is 4.91. The van der Waals surface area contributed by atoms with Gasteiger partial charge >= 0.3 is 0 Å². The van der Waals surface area contributed by atoms with Crippen LogP contribution >= 0.6 is 11.3 Å². The van der Waals surface area contributed by atoms with Gasteiger partial charge in [0.1, 0.15) is 11.7 Å². The molecule has 0 aliphatic heterocycles. The van der Waals surface area contributed by atoms with Gasteiger partial charge in [0.05, 0.1) is 5.01 Å². The van der Waals surface area contributed by atoms with Crippen LogP contribution in [-0.4, -0.2) is 15.2 Å². The number of rotatable bonds is 3. The Labute approximate surface area is 114 Å². The van der Waals surface area contributed by atoms with E-state index in [1.807, 2.05) is 42.6 Å². The lowest BCUT2D eigenvalue weighted by Crippen LogP contribution is -2.11. The maximum atomic E-state index is 6.10. The van der Waals surface area contributed by atoms with E-state index >= 15 is 0 Å². The third-order valence-corrected chi connectivity index (χ3v) is 3.48. The third kappa shape index (κ3) is 2.40. The van der Waals surface area contributed by atoms with Gasteiger partial charge in [0.2, 0.25) is 5.89 Å². The van der Waals surface area contributed by atoms with Gasteiger partial charge in [-0.25, -0.2) is 4.98 Å². The summed E-state index contributed by atoms with van der Waals surface area (Å²) < 4.78 is 5.60. The highest BCUT2D eigenvalue weighted by Crippen LogP contribution is 2.24. The van der Waals surface area contributed by atoms with Crippen molar-refractivity contribution in [3.8, 4) is 11.6 Å². The van der Waals surface area contributed by atoms with Gasteiger partial charge in [0, 0.05) is 5.38 Å². The smallest absolute Gasteiger partial charge is 0.267 e. The van der Waals surface area contributed by atoms with Crippen LogP contribution in [-0.2, 0) is 0 Å². The lowest BCUT2D eigenvalue weighted by atomic mass is 10.1. The zero-order valence-electron chi connectivity index (χ0n) is 10.3. The Bertz CT molecular complexity index is 677. The molecule has 0 amide bonds. The Hall–Kier alpha value is -2.05. The van der Waals surface area contributed by atoms with Crippen LogP contribution in [0.2, 0.25) is 0 Å². The van der Waals surface area contributed by atoms with Crippen molar-refractivity contribution in [2.45, 2.75) is 13.0 Å². The first-order valence-corrected chi connectivity index (χ1v) is 6.68. The van der Waals surface area contributed by atoms with Gasteiger partial charge in [-0.15, -0.1) is 21.5 Å². The van der Waals surface area contributed by atoms with Crippen LogP contribution < -0.4 is 5.73 Å². The number of aryl methyl sites for hydroxylation is 1. The topological polar surface area (TPSA) is 77.8 Å². The molecule has 0 aliphatic carbocycles. The number of nitrogens with zero attached hydrogens (tertiary/aromatic N) is 3. The summed E-state index contributed by atoms with van der Waals surface area (Å²) in [5, 5.41) is 10.8. The SMILES string of the molecule is Cc1nc(-c2nnc(C(N)c3ccccc3)o2)cs1. The molecule has 0 saturated carbocycles. The van der Waals surface area contributed by atoms with Gasteiger partial charge in [0.25, 0.3) is 5.89 Å². The molecule has 0 bridgehead atoms. The number of hydrogen-bond donors (Lipinski definition) is 1. The predicted octanol–water partition coefficient (Wildman–Crippen LogP) is 2.55. The van der Waals surface area contributed by atoms with Gasteiger partial charge < -0.3 is 10.2 Å². The predicted molar refractivity (Wildman–Crippen MR) is 72.6 cm³/mol. The summed E-state index contributed by atoms with van der Waals surface area (Å²) in [5.74, 6) is 0.803. The molecule has 0 radical (unpaired) electrons. The molecule has 1 atom stereocenters. The maximum absolute atomic E-state index is 6.10. The van der Waals surface area contributed by atoms with E-state index in [-0.39, 0.29) is 0 Å². The van der Waals surface area contributed by atoms with E-state index in [1.165, 1.54) is 0 Å². The minimum absolute atomic E-state index is 0.395. The van der Waals surface area contributed by atoms with Crippen LogP contribution in [0.3, 0.4) is 0 Å². The molecule has 0 fully saturated rings. The van der Waals surface area contributed by atoms with Crippen molar-refractivity contribution >= 4 is 11.3 Å². The number of hydrogen-bond acceptors (Lipinski definition) is 6. The second-order valence-electron chi connectivity index (χ2n) is 4.09. The highest BCUT2D eigenvalue weighted by Gasteiger charge is 2.18. The van der Waals surface area contributed by atoms with Crippen LogP contribution in [0.1, 0.15) is 22.5 Å². The standard InChI is InChI=1S/C13H12N4OS/c1-8-15-10(7-19-8)12-16-17-13(18-12)11(14)9-5-3-2-4-6-9/h2-7,11H,14H2,1H3. The minimum Gasteiger partial charge on any atom is -0.417 e. The largest absolute Gasteiger partial charge is 0.417 e. The lowest BCUT2D eigenvalue weighted by Gasteiger charge is -2.05. The van der Waals surface area contributed by atoms with Crippen LogP contribution in [0, 0.1) is 6.92 Å². The van der Waals surface area contributed by atoms with E-state index in [2.05, 4.69) is 15.2 Å². The molecular weight excluding hydrogens is 260 g/mol. The summed E-state index contributed by atoms with van der Waals surface area (Å²) in [4.78, 5) is 4.31.